The number of carbonyl (C=O) groups excluding carboxylic acids is 1. The van der Waals surface area contributed by atoms with Crippen LogP contribution < -0.4 is 5.32 Å². The first-order chi connectivity index (χ1) is 8.97. The highest BCUT2D eigenvalue weighted by atomic mass is 79.9. The van der Waals surface area contributed by atoms with Crippen LogP contribution in [0.2, 0.25) is 0 Å². The fraction of sp³-hybridized carbons (Fsp3) is 0. The van der Waals surface area contributed by atoms with Crippen molar-refractivity contribution >= 4 is 75.3 Å². The van der Waals surface area contributed by atoms with Crippen LogP contribution in [0.1, 0.15) is 10.4 Å². The van der Waals surface area contributed by atoms with Crippen molar-refractivity contribution in [2.24, 2.45) is 0 Å². The van der Waals surface area contributed by atoms with E-state index < -0.39 is 0 Å². The lowest BCUT2D eigenvalue weighted by atomic mass is 10.2. The van der Waals surface area contributed by atoms with Crippen LogP contribution in [0, 0.1) is 0 Å². The average Bonchev–Trinajstić information content (AvgIpc) is 2.35. The molecule has 0 aromatic heterocycles. The van der Waals surface area contributed by atoms with Gasteiger partial charge < -0.3 is 5.32 Å². The number of benzene rings is 2. The summed E-state index contributed by atoms with van der Waals surface area (Å²) in [5.74, 6) is -0.170. The molecule has 0 spiro atoms. The van der Waals surface area contributed by atoms with Gasteiger partial charge in [-0.25, -0.2) is 0 Å². The molecule has 0 saturated carbocycles. The highest BCUT2D eigenvalue weighted by Gasteiger charge is 2.12. The Hall–Kier alpha value is -0.170. The number of amides is 1. The maximum Gasteiger partial charge on any atom is 0.256 e. The Morgan fingerprint density at radius 3 is 2.16 bits per heavy atom. The van der Waals surface area contributed by atoms with Crippen LogP contribution in [0.25, 0.3) is 0 Å². The van der Waals surface area contributed by atoms with E-state index >= 15 is 0 Å². The molecule has 0 aliphatic carbocycles. The molecule has 0 fully saturated rings. The van der Waals surface area contributed by atoms with Crippen molar-refractivity contribution in [3.8, 4) is 0 Å². The molecule has 6 heteroatoms. The maximum atomic E-state index is 12.2. The summed E-state index contributed by atoms with van der Waals surface area (Å²) in [7, 11) is 0. The van der Waals surface area contributed by atoms with Crippen molar-refractivity contribution in [1.82, 2.24) is 0 Å². The van der Waals surface area contributed by atoms with Gasteiger partial charge in [0.05, 0.1) is 11.3 Å². The summed E-state index contributed by atoms with van der Waals surface area (Å²) in [5, 5.41) is 2.86. The fourth-order valence-electron chi connectivity index (χ4n) is 1.45. The molecule has 2 aromatic carbocycles. The summed E-state index contributed by atoms with van der Waals surface area (Å²) >= 11 is 13.5. The standard InChI is InChI=1S/C13H7Br4NO/c14-7-1-3-10(16)9(5-7)13(19)18-12-4-2-8(15)6-11(12)17/h1-6H,(H,18,19). The molecule has 0 saturated heterocycles. The molecule has 0 aliphatic heterocycles. The van der Waals surface area contributed by atoms with E-state index in [0.29, 0.717) is 5.56 Å². The first-order valence-electron chi connectivity index (χ1n) is 5.19. The zero-order valence-corrected chi connectivity index (χ0v) is 15.7. The summed E-state index contributed by atoms with van der Waals surface area (Å²) < 4.78 is 3.37. The van der Waals surface area contributed by atoms with Crippen LogP contribution in [-0.4, -0.2) is 5.91 Å². The third-order valence-electron chi connectivity index (χ3n) is 2.35. The Balaban J connectivity index is 2.28. The van der Waals surface area contributed by atoms with Crippen LogP contribution in [0.15, 0.2) is 54.3 Å². The number of anilines is 1. The maximum absolute atomic E-state index is 12.2. The number of halogens is 4. The second kappa shape index (κ2) is 6.52. The quantitative estimate of drug-likeness (QED) is 0.526. The minimum absolute atomic E-state index is 0.170. The zero-order chi connectivity index (χ0) is 14.0. The molecule has 2 aromatic rings. The first kappa shape index (κ1) is 15.2. The smallest absolute Gasteiger partial charge is 0.256 e. The molecule has 0 atom stereocenters. The highest BCUT2D eigenvalue weighted by Crippen LogP contribution is 2.28. The molecule has 19 heavy (non-hydrogen) atoms. The summed E-state index contributed by atoms with van der Waals surface area (Å²) in [5.41, 5.74) is 1.30. The third kappa shape index (κ3) is 3.90. The lowest BCUT2D eigenvalue weighted by Gasteiger charge is -2.09. The minimum Gasteiger partial charge on any atom is -0.321 e. The van der Waals surface area contributed by atoms with Crippen molar-refractivity contribution in [1.29, 1.82) is 0 Å². The number of hydrogen-bond donors (Lipinski definition) is 1. The van der Waals surface area contributed by atoms with Gasteiger partial charge in [-0.15, -0.1) is 0 Å². The van der Waals surface area contributed by atoms with Crippen molar-refractivity contribution < 1.29 is 4.79 Å². The molecule has 2 nitrogen and oxygen atoms in total. The number of hydrogen-bond acceptors (Lipinski definition) is 1. The Kier molecular flexibility index (Phi) is 5.22. The van der Waals surface area contributed by atoms with Gasteiger partial charge in [0.2, 0.25) is 0 Å². The van der Waals surface area contributed by atoms with Crippen LogP contribution in [0.4, 0.5) is 5.69 Å². The number of rotatable bonds is 2. The lowest BCUT2D eigenvalue weighted by Crippen LogP contribution is -2.13. The van der Waals surface area contributed by atoms with E-state index in [1.165, 1.54) is 0 Å². The Labute approximate surface area is 144 Å². The molecule has 0 aliphatic rings. The largest absolute Gasteiger partial charge is 0.321 e. The SMILES string of the molecule is O=C(Nc1ccc(Br)cc1Br)c1cc(Br)ccc1Br. The van der Waals surface area contributed by atoms with Gasteiger partial charge in [0.15, 0.2) is 0 Å². The van der Waals surface area contributed by atoms with Crippen molar-refractivity contribution in [3.63, 3.8) is 0 Å². The lowest BCUT2D eigenvalue weighted by molar-refractivity contribution is 0.102. The Morgan fingerprint density at radius 2 is 1.47 bits per heavy atom. The summed E-state index contributed by atoms with van der Waals surface area (Å²) in [4.78, 5) is 12.2. The first-order valence-corrected chi connectivity index (χ1v) is 8.36. The van der Waals surface area contributed by atoms with Crippen LogP contribution in [-0.2, 0) is 0 Å². The second-order valence-corrected chi connectivity index (χ2v) is 7.24. The van der Waals surface area contributed by atoms with E-state index in [2.05, 4.69) is 69.0 Å². The molecule has 0 unspecified atom stereocenters. The van der Waals surface area contributed by atoms with Gasteiger partial charge >= 0.3 is 0 Å². The molecule has 0 bridgehead atoms. The number of nitrogens with one attached hydrogen (secondary N) is 1. The fourth-order valence-corrected chi connectivity index (χ4v) is 3.39. The van der Waals surface area contributed by atoms with E-state index in [-0.39, 0.29) is 5.91 Å². The predicted octanol–water partition coefficient (Wildman–Crippen LogP) is 5.99. The molecule has 1 amide bonds. The van der Waals surface area contributed by atoms with Gasteiger partial charge in [0.25, 0.3) is 5.91 Å². The van der Waals surface area contributed by atoms with Crippen LogP contribution in [0.5, 0.6) is 0 Å². The summed E-state index contributed by atoms with van der Waals surface area (Å²) in [6.07, 6.45) is 0. The highest BCUT2D eigenvalue weighted by molar-refractivity contribution is 9.11. The van der Waals surface area contributed by atoms with Gasteiger partial charge in [0, 0.05) is 17.9 Å². The number of carbonyl (C=O) groups is 1. The predicted molar refractivity (Wildman–Crippen MR) is 91.6 cm³/mol. The molecule has 98 valence electrons. The normalized spacial score (nSPS) is 10.3. The van der Waals surface area contributed by atoms with Crippen molar-refractivity contribution in [2.75, 3.05) is 5.32 Å². The van der Waals surface area contributed by atoms with Gasteiger partial charge in [-0.2, -0.15) is 0 Å². The monoisotopic (exact) mass is 509 g/mol. The minimum atomic E-state index is -0.170. The van der Waals surface area contributed by atoms with E-state index in [1.807, 2.05) is 30.3 Å². The second-order valence-electron chi connectivity index (χ2n) is 3.70. The topological polar surface area (TPSA) is 29.1 Å². The van der Waals surface area contributed by atoms with Crippen molar-refractivity contribution in [2.45, 2.75) is 0 Å². The van der Waals surface area contributed by atoms with E-state index in [1.54, 1.807) is 6.07 Å². The van der Waals surface area contributed by atoms with Gasteiger partial charge in [0.1, 0.15) is 0 Å². The molecule has 0 radical (unpaired) electrons. The van der Waals surface area contributed by atoms with Crippen LogP contribution >= 0.6 is 63.7 Å². The molecule has 2 rings (SSSR count). The summed E-state index contributed by atoms with van der Waals surface area (Å²) in [6.45, 7) is 0. The Morgan fingerprint density at radius 1 is 0.842 bits per heavy atom. The molecule has 0 heterocycles. The Bertz CT molecular complexity index is 643. The zero-order valence-electron chi connectivity index (χ0n) is 9.38. The molecular weight excluding hydrogens is 506 g/mol. The summed E-state index contributed by atoms with van der Waals surface area (Å²) in [6, 6.07) is 11.1. The van der Waals surface area contributed by atoms with Gasteiger partial charge in [-0.3, -0.25) is 4.79 Å². The van der Waals surface area contributed by atoms with Gasteiger partial charge in [-0.05, 0) is 68.3 Å². The molecule has 1 N–H and O–H groups in total. The average molecular weight is 513 g/mol. The molecular formula is C13H7Br4NO. The van der Waals surface area contributed by atoms with E-state index in [9.17, 15) is 4.79 Å². The van der Waals surface area contributed by atoms with E-state index in [4.69, 9.17) is 0 Å². The van der Waals surface area contributed by atoms with Crippen molar-refractivity contribution in [3.05, 3.63) is 59.9 Å². The third-order valence-corrected chi connectivity index (χ3v) is 4.69. The van der Waals surface area contributed by atoms with Crippen LogP contribution in [0.3, 0.4) is 0 Å². The van der Waals surface area contributed by atoms with E-state index in [0.717, 1.165) is 23.6 Å². The van der Waals surface area contributed by atoms with Gasteiger partial charge in [-0.1, -0.05) is 31.9 Å².